The lowest BCUT2D eigenvalue weighted by Gasteiger charge is -2.32. The molecule has 1 aromatic rings. The third-order valence-electron chi connectivity index (χ3n) is 5.01. The van der Waals surface area contributed by atoms with Gasteiger partial charge in [0.05, 0.1) is 12.2 Å². The SMILES string of the molecule is Cc1ccc([C@@H]2OCCC[C@H]2CNC(=O)NC[C@@H](O)C2CC2)cc1. The molecule has 2 aliphatic rings. The van der Waals surface area contributed by atoms with Gasteiger partial charge in [0.1, 0.15) is 0 Å². The molecular formula is C19H28N2O3. The van der Waals surface area contributed by atoms with Crippen molar-refractivity contribution >= 4 is 6.03 Å². The first-order chi connectivity index (χ1) is 11.6. The van der Waals surface area contributed by atoms with E-state index in [1.807, 2.05) is 0 Å². The summed E-state index contributed by atoms with van der Waals surface area (Å²) in [6.07, 6.45) is 3.84. The van der Waals surface area contributed by atoms with Gasteiger partial charge < -0.3 is 20.5 Å². The van der Waals surface area contributed by atoms with Gasteiger partial charge in [-0.05, 0) is 44.1 Å². The predicted molar refractivity (Wildman–Crippen MR) is 92.7 cm³/mol. The summed E-state index contributed by atoms with van der Waals surface area (Å²) in [5.41, 5.74) is 2.41. The molecule has 3 atom stereocenters. The summed E-state index contributed by atoms with van der Waals surface area (Å²) in [4.78, 5) is 11.9. The summed E-state index contributed by atoms with van der Waals surface area (Å²) < 4.78 is 5.98. The number of nitrogens with one attached hydrogen (secondary N) is 2. The van der Waals surface area contributed by atoms with E-state index in [4.69, 9.17) is 4.74 Å². The summed E-state index contributed by atoms with van der Waals surface area (Å²) in [5.74, 6) is 0.656. The van der Waals surface area contributed by atoms with Gasteiger partial charge in [0, 0.05) is 25.6 Å². The minimum absolute atomic E-state index is 0.0386. The minimum atomic E-state index is -0.408. The number of aliphatic hydroxyl groups is 1. The lowest BCUT2D eigenvalue weighted by atomic mass is 9.89. The number of aliphatic hydroxyl groups excluding tert-OH is 1. The van der Waals surface area contributed by atoms with Crippen molar-refractivity contribution in [1.29, 1.82) is 0 Å². The molecule has 24 heavy (non-hydrogen) atoms. The van der Waals surface area contributed by atoms with Crippen molar-refractivity contribution in [3.05, 3.63) is 35.4 Å². The molecular weight excluding hydrogens is 304 g/mol. The average molecular weight is 332 g/mol. The number of benzene rings is 1. The lowest BCUT2D eigenvalue weighted by Crippen LogP contribution is -2.43. The van der Waals surface area contributed by atoms with Crippen LogP contribution in [0.1, 0.15) is 42.9 Å². The largest absolute Gasteiger partial charge is 0.391 e. The van der Waals surface area contributed by atoms with Crippen molar-refractivity contribution in [3.63, 3.8) is 0 Å². The molecule has 1 aliphatic heterocycles. The van der Waals surface area contributed by atoms with Gasteiger partial charge in [-0.1, -0.05) is 29.8 Å². The number of urea groups is 1. The number of hydrogen-bond donors (Lipinski definition) is 3. The molecule has 0 aromatic heterocycles. The Morgan fingerprint density at radius 1 is 1.25 bits per heavy atom. The van der Waals surface area contributed by atoms with E-state index in [2.05, 4.69) is 41.8 Å². The monoisotopic (exact) mass is 332 g/mol. The predicted octanol–water partition coefficient (Wildman–Crippen LogP) is 2.53. The summed E-state index contributed by atoms with van der Waals surface area (Å²) in [7, 11) is 0. The van der Waals surface area contributed by atoms with E-state index in [0.717, 1.165) is 32.3 Å². The Balaban J connectivity index is 1.48. The second-order valence-electron chi connectivity index (χ2n) is 7.10. The topological polar surface area (TPSA) is 70.6 Å². The Labute approximate surface area is 143 Å². The highest BCUT2D eigenvalue weighted by Gasteiger charge is 2.30. The second kappa shape index (κ2) is 7.99. The number of hydrogen-bond acceptors (Lipinski definition) is 3. The fourth-order valence-electron chi connectivity index (χ4n) is 3.31. The van der Waals surface area contributed by atoms with Crippen LogP contribution in [0.5, 0.6) is 0 Å². The van der Waals surface area contributed by atoms with Crippen molar-refractivity contribution < 1.29 is 14.6 Å². The first kappa shape index (κ1) is 17.2. The van der Waals surface area contributed by atoms with E-state index >= 15 is 0 Å². The molecule has 0 bridgehead atoms. The van der Waals surface area contributed by atoms with E-state index in [1.165, 1.54) is 11.1 Å². The van der Waals surface area contributed by atoms with Gasteiger partial charge in [-0.25, -0.2) is 4.79 Å². The Hall–Kier alpha value is -1.59. The van der Waals surface area contributed by atoms with Crippen LogP contribution < -0.4 is 10.6 Å². The number of carbonyl (C=O) groups is 1. The van der Waals surface area contributed by atoms with Crippen LogP contribution >= 0.6 is 0 Å². The Morgan fingerprint density at radius 3 is 2.71 bits per heavy atom. The molecule has 0 spiro atoms. The molecule has 5 heteroatoms. The van der Waals surface area contributed by atoms with E-state index in [9.17, 15) is 9.90 Å². The summed E-state index contributed by atoms with van der Waals surface area (Å²) in [6.45, 7) is 3.77. The molecule has 1 aliphatic carbocycles. The fraction of sp³-hybridized carbons (Fsp3) is 0.632. The van der Waals surface area contributed by atoms with Crippen LogP contribution in [0.25, 0.3) is 0 Å². The first-order valence-corrected chi connectivity index (χ1v) is 9.01. The van der Waals surface area contributed by atoms with Crippen LogP contribution in [0.15, 0.2) is 24.3 Å². The van der Waals surface area contributed by atoms with Crippen molar-refractivity contribution in [3.8, 4) is 0 Å². The van der Waals surface area contributed by atoms with Crippen molar-refractivity contribution in [1.82, 2.24) is 10.6 Å². The number of amides is 2. The molecule has 5 nitrogen and oxygen atoms in total. The van der Waals surface area contributed by atoms with Crippen LogP contribution in [-0.4, -0.2) is 36.9 Å². The fourth-order valence-corrected chi connectivity index (χ4v) is 3.31. The highest BCUT2D eigenvalue weighted by molar-refractivity contribution is 5.73. The first-order valence-electron chi connectivity index (χ1n) is 9.01. The maximum atomic E-state index is 11.9. The zero-order valence-corrected chi connectivity index (χ0v) is 14.3. The highest BCUT2D eigenvalue weighted by atomic mass is 16.5. The lowest BCUT2D eigenvalue weighted by molar-refractivity contribution is -0.0269. The van der Waals surface area contributed by atoms with Gasteiger partial charge in [-0.3, -0.25) is 0 Å². The van der Waals surface area contributed by atoms with Crippen LogP contribution in [0.2, 0.25) is 0 Å². The molecule has 3 N–H and O–H groups in total. The van der Waals surface area contributed by atoms with Crippen LogP contribution in [-0.2, 0) is 4.74 Å². The Morgan fingerprint density at radius 2 is 2.00 bits per heavy atom. The third kappa shape index (κ3) is 4.71. The van der Waals surface area contributed by atoms with E-state index in [0.29, 0.717) is 19.0 Å². The van der Waals surface area contributed by atoms with Crippen LogP contribution in [0, 0.1) is 18.8 Å². The molecule has 1 heterocycles. The van der Waals surface area contributed by atoms with E-state index in [1.54, 1.807) is 0 Å². The van der Waals surface area contributed by atoms with Gasteiger partial charge in [0.2, 0.25) is 0 Å². The summed E-state index contributed by atoms with van der Waals surface area (Å²) in [6, 6.07) is 8.23. The maximum Gasteiger partial charge on any atom is 0.314 e. The number of ether oxygens (including phenoxy) is 1. The molecule has 0 radical (unpaired) electrons. The quantitative estimate of drug-likeness (QED) is 0.750. The number of rotatable bonds is 6. The van der Waals surface area contributed by atoms with E-state index in [-0.39, 0.29) is 18.1 Å². The van der Waals surface area contributed by atoms with Crippen molar-refractivity contribution in [2.24, 2.45) is 11.8 Å². The third-order valence-corrected chi connectivity index (χ3v) is 5.01. The molecule has 1 saturated carbocycles. The van der Waals surface area contributed by atoms with Gasteiger partial charge in [-0.15, -0.1) is 0 Å². The van der Waals surface area contributed by atoms with E-state index < -0.39 is 6.10 Å². The molecule has 132 valence electrons. The molecule has 2 amide bonds. The highest BCUT2D eigenvalue weighted by Crippen LogP contribution is 2.33. The maximum absolute atomic E-state index is 11.9. The van der Waals surface area contributed by atoms with Gasteiger partial charge in [0.25, 0.3) is 0 Å². The Kier molecular flexibility index (Phi) is 5.74. The Bertz CT molecular complexity index is 542. The number of carbonyl (C=O) groups excluding carboxylic acids is 1. The number of aryl methyl sites for hydroxylation is 1. The van der Waals surface area contributed by atoms with Gasteiger partial charge >= 0.3 is 6.03 Å². The molecule has 1 aromatic carbocycles. The molecule has 1 saturated heterocycles. The molecule has 3 rings (SSSR count). The second-order valence-corrected chi connectivity index (χ2v) is 7.10. The smallest absolute Gasteiger partial charge is 0.314 e. The van der Waals surface area contributed by atoms with Crippen molar-refractivity contribution in [2.75, 3.05) is 19.7 Å². The summed E-state index contributed by atoms with van der Waals surface area (Å²) >= 11 is 0. The van der Waals surface area contributed by atoms with Crippen LogP contribution in [0.4, 0.5) is 4.79 Å². The van der Waals surface area contributed by atoms with Gasteiger partial charge in [-0.2, -0.15) is 0 Å². The summed E-state index contributed by atoms with van der Waals surface area (Å²) in [5, 5.41) is 15.5. The molecule has 2 fully saturated rings. The van der Waals surface area contributed by atoms with Crippen molar-refractivity contribution in [2.45, 2.75) is 44.8 Å². The van der Waals surface area contributed by atoms with Crippen LogP contribution in [0.3, 0.4) is 0 Å². The minimum Gasteiger partial charge on any atom is -0.391 e. The zero-order chi connectivity index (χ0) is 16.9. The molecule has 0 unspecified atom stereocenters. The average Bonchev–Trinajstić information content (AvgIpc) is 3.44. The standard InChI is InChI=1S/C19H28N2O3/c1-13-4-6-15(7-5-13)18-16(3-2-10-24-18)11-20-19(23)21-12-17(22)14-8-9-14/h4-7,14,16-18,22H,2-3,8-12H2,1H3,(H2,20,21,23)/t16-,17+,18-/m0/s1. The zero-order valence-electron chi connectivity index (χ0n) is 14.3. The normalized spacial score (nSPS) is 25.1. The van der Waals surface area contributed by atoms with Gasteiger partial charge in [0.15, 0.2) is 0 Å².